The molecule has 7 nitrogen and oxygen atoms in total. The average Bonchev–Trinajstić information content (AvgIpc) is 2.80. The minimum absolute atomic E-state index is 0.0167. The van der Waals surface area contributed by atoms with Crippen molar-refractivity contribution in [1.82, 2.24) is 9.97 Å². The van der Waals surface area contributed by atoms with Gasteiger partial charge in [0.15, 0.2) is 11.3 Å². The standard InChI is InChI=1S/C22H12ClFN4O3S/c1-25-19-12-26-16-9-7-13(11-18(16)27-19)22(29)20-15(24)8-10-17(21(20)23)28-32(30,31)14-5-3-2-4-6-14/h2-12,28H. The van der Waals surface area contributed by atoms with Crippen molar-refractivity contribution >= 4 is 49.9 Å². The molecule has 0 saturated heterocycles. The molecule has 0 aliphatic heterocycles. The number of hydrogen-bond donors (Lipinski definition) is 1. The number of ketones is 1. The summed E-state index contributed by atoms with van der Waals surface area (Å²) < 4.78 is 42.1. The van der Waals surface area contributed by atoms with Gasteiger partial charge in [0, 0.05) is 11.6 Å². The van der Waals surface area contributed by atoms with Crippen molar-refractivity contribution in [2.45, 2.75) is 4.90 Å². The topological polar surface area (TPSA) is 93.4 Å². The van der Waals surface area contributed by atoms with Crippen molar-refractivity contribution in [3.8, 4) is 0 Å². The lowest BCUT2D eigenvalue weighted by Crippen LogP contribution is -2.15. The van der Waals surface area contributed by atoms with Crippen LogP contribution in [0.15, 0.2) is 71.8 Å². The number of halogens is 2. The van der Waals surface area contributed by atoms with E-state index in [4.69, 9.17) is 18.2 Å². The van der Waals surface area contributed by atoms with E-state index >= 15 is 0 Å². The molecule has 0 unspecified atom stereocenters. The van der Waals surface area contributed by atoms with E-state index in [1.54, 1.807) is 18.2 Å². The fourth-order valence-corrected chi connectivity index (χ4v) is 4.42. The van der Waals surface area contributed by atoms with Gasteiger partial charge in [-0.25, -0.2) is 12.8 Å². The predicted molar refractivity (Wildman–Crippen MR) is 118 cm³/mol. The van der Waals surface area contributed by atoms with Crippen LogP contribution in [0.5, 0.6) is 0 Å². The van der Waals surface area contributed by atoms with Crippen LogP contribution in [0.4, 0.5) is 15.9 Å². The number of benzene rings is 3. The van der Waals surface area contributed by atoms with Gasteiger partial charge in [0.1, 0.15) is 11.3 Å². The highest BCUT2D eigenvalue weighted by atomic mass is 35.5. The van der Waals surface area contributed by atoms with E-state index in [0.29, 0.717) is 5.52 Å². The first-order valence-electron chi connectivity index (χ1n) is 9.05. The summed E-state index contributed by atoms with van der Waals surface area (Å²) in [7, 11) is -4.01. The highest BCUT2D eigenvalue weighted by Gasteiger charge is 2.24. The van der Waals surface area contributed by atoms with Crippen LogP contribution in [0.2, 0.25) is 5.02 Å². The van der Waals surface area contributed by atoms with Crippen LogP contribution in [0, 0.1) is 12.4 Å². The number of nitrogens with zero attached hydrogens (tertiary/aromatic N) is 3. The van der Waals surface area contributed by atoms with Crippen LogP contribution in [-0.2, 0) is 10.0 Å². The summed E-state index contributed by atoms with van der Waals surface area (Å²) in [6, 6.07) is 14.0. The Balaban J connectivity index is 1.75. The summed E-state index contributed by atoms with van der Waals surface area (Å²) in [5, 5.41) is -0.379. The molecule has 0 atom stereocenters. The highest BCUT2D eigenvalue weighted by Crippen LogP contribution is 2.32. The van der Waals surface area contributed by atoms with Crippen molar-refractivity contribution in [2.24, 2.45) is 0 Å². The molecule has 10 heteroatoms. The van der Waals surface area contributed by atoms with E-state index in [1.165, 1.54) is 36.5 Å². The van der Waals surface area contributed by atoms with Crippen LogP contribution in [0.1, 0.15) is 15.9 Å². The third-order valence-corrected chi connectivity index (χ3v) is 6.30. The molecular formula is C22H12ClFN4O3S. The lowest BCUT2D eigenvalue weighted by molar-refractivity contribution is 0.103. The first-order chi connectivity index (χ1) is 15.3. The molecule has 0 fully saturated rings. The summed E-state index contributed by atoms with van der Waals surface area (Å²) in [6.45, 7) is 7.04. The van der Waals surface area contributed by atoms with Gasteiger partial charge in [0.05, 0.1) is 27.4 Å². The number of carbonyl (C=O) groups is 1. The maximum atomic E-state index is 14.6. The van der Waals surface area contributed by atoms with Crippen LogP contribution in [0.3, 0.4) is 0 Å². The monoisotopic (exact) mass is 466 g/mol. The fourth-order valence-electron chi connectivity index (χ4n) is 2.98. The normalized spacial score (nSPS) is 11.2. The van der Waals surface area contributed by atoms with Gasteiger partial charge >= 0.3 is 0 Å². The lowest BCUT2D eigenvalue weighted by Gasteiger charge is -2.13. The number of fused-ring (bicyclic) bond motifs is 1. The Hall–Kier alpha value is -3.87. The number of aromatic nitrogens is 2. The van der Waals surface area contributed by atoms with Gasteiger partial charge in [-0.2, -0.15) is 0 Å². The Bertz CT molecular complexity index is 1520. The fraction of sp³-hybridized carbons (Fsp3) is 0. The van der Waals surface area contributed by atoms with E-state index in [0.717, 1.165) is 12.1 Å². The van der Waals surface area contributed by atoms with Gasteiger partial charge in [0.25, 0.3) is 15.8 Å². The summed E-state index contributed by atoms with van der Waals surface area (Å²) in [6.07, 6.45) is 1.30. The van der Waals surface area contributed by atoms with Crippen LogP contribution in [0.25, 0.3) is 15.9 Å². The van der Waals surface area contributed by atoms with E-state index < -0.39 is 27.2 Å². The minimum Gasteiger partial charge on any atom is -0.359 e. The largest absolute Gasteiger partial charge is 0.359 e. The molecule has 1 aromatic heterocycles. The van der Waals surface area contributed by atoms with Crippen molar-refractivity contribution in [3.63, 3.8) is 0 Å². The second kappa shape index (κ2) is 8.34. The number of sulfonamides is 1. The van der Waals surface area contributed by atoms with Crippen LogP contribution < -0.4 is 4.72 Å². The summed E-state index contributed by atoms with van der Waals surface area (Å²) in [5.41, 5.74) is 0.147. The van der Waals surface area contributed by atoms with Crippen LogP contribution in [-0.4, -0.2) is 24.2 Å². The predicted octanol–water partition coefficient (Wildman–Crippen LogP) is 5.00. The van der Waals surface area contributed by atoms with Crippen molar-refractivity contribution in [2.75, 3.05) is 4.72 Å². The number of hydrogen-bond acceptors (Lipinski definition) is 5. The second-order valence-corrected chi connectivity index (χ2v) is 8.64. The molecule has 0 aliphatic rings. The highest BCUT2D eigenvalue weighted by molar-refractivity contribution is 7.92. The maximum absolute atomic E-state index is 14.6. The quantitative estimate of drug-likeness (QED) is 0.330. The zero-order valence-corrected chi connectivity index (χ0v) is 17.7. The SMILES string of the molecule is [C-]#[N+]c1cnc2ccc(C(=O)c3c(F)ccc(NS(=O)(=O)c4ccccc4)c3Cl)cc2n1. The Labute approximate surface area is 187 Å². The molecule has 32 heavy (non-hydrogen) atoms. The molecule has 0 spiro atoms. The molecule has 0 bridgehead atoms. The molecule has 4 aromatic rings. The summed E-state index contributed by atoms with van der Waals surface area (Å²) in [5.74, 6) is -1.64. The summed E-state index contributed by atoms with van der Waals surface area (Å²) >= 11 is 6.26. The van der Waals surface area contributed by atoms with Crippen molar-refractivity contribution in [1.29, 1.82) is 0 Å². The zero-order valence-electron chi connectivity index (χ0n) is 16.1. The lowest BCUT2D eigenvalue weighted by atomic mass is 10.0. The molecular weight excluding hydrogens is 455 g/mol. The minimum atomic E-state index is -4.01. The number of rotatable bonds is 5. The van der Waals surface area contributed by atoms with E-state index in [9.17, 15) is 17.6 Å². The van der Waals surface area contributed by atoms with Gasteiger partial charge in [0.2, 0.25) is 0 Å². The molecule has 158 valence electrons. The van der Waals surface area contributed by atoms with E-state index in [1.807, 2.05) is 0 Å². The van der Waals surface area contributed by atoms with E-state index in [2.05, 4.69) is 19.5 Å². The molecule has 1 heterocycles. The zero-order chi connectivity index (χ0) is 22.9. The van der Waals surface area contributed by atoms with E-state index in [-0.39, 0.29) is 32.5 Å². The van der Waals surface area contributed by atoms with Gasteiger partial charge < -0.3 is 4.85 Å². The number of carbonyl (C=O) groups excluding carboxylic acids is 1. The van der Waals surface area contributed by atoms with Gasteiger partial charge in [-0.15, -0.1) is 4.98 Å². The van der Waals surface area contributed by atoms with Gasteiger partial charge in [-0.05, 0) is 36.4 Å². The van der Waals surface area contributed by atoms with Crippen molar-refractivity contribution in [3.05, 3.63) is 100 Å². The Morgan fingerprint density at radius 3 is 2.53 bits per heavy atom. The molecule has 1 N–H and O–H groups in total. The smallest absolute Gasteiger partial charge is 0.288 e. The van der Waals surface area contributed by atoms with Crippen LogP contribution >= 0.6 is 11.6 Å². The maximum Gasteiger partial charge on any atom is 0.288 e. The molecule has 3 aromatic carbocycles. The molecule has 0 aliphatic carbocycles. The number of anilines is 1. The molecule has 0 saturated carbocycles. The first kappa shape index (κ1) is 21.4. The van der Waals surface area contributed by atoms with Gasteiger partial charge in [-0.3, -0.25) is 14.5 Å². The number of nitrogens with one attached hydrogen (secondary N) is 1. The second-order valence-electron chi connectivity index (χ2n) is 6.58. The van der Waals surface area contributed by atoms with Gasteiger partial charge in [-0.1, -0.05) is 36.4 Å². The van der Waals surface area contributed by atoms with Crippen molar-refractivity contribution < 1.29 is 17.6 Å². The third-order valence-electron chi connectivity index (χ3n) is 4.52. The molecule has 4 rings (SSSR count). The first-order valence-corrected chi connectivity index (χ1v) is 10.9. The Morgan fingerprint density at radius 2 is 1.81 bits per heavy atom. The third kappa shape index (κ3) is 4.01. The average molecular weight is 467 g/mol. The summed E-state index contributed by atoms with van der Waals surface area (Å²) in [4.78, 5) is 24.4. The Morgan fingerprint density at radius 1 is 1.06 bits per heavy atom. The molecule has 0 radical (unpaired) electrons. The molecule has 0 amide bonds. The Kier molecular flexibility index (Phi) is 5.57.